The van der Waals surface area contributed by atoms with Gasteiger partial charge in [-0.15, -0.1) is 24.0 Å². The Bertz CT molecular complexity index is 594. The van der Waals surface area contributed by atoms with Crippen molar-refractivity contribution in [3.05, 3.63) is 30.1 Å². The van der Waals surface area contributed by atoms with Crippen molar-refractivity contribution >= 4 is 39.8 Å². The number of guanidine groups is 1. The number of rotatable bonds is 6. The second-order valence-corrected chi connectivity index (χ2v) is 6.78. The molecule has 126 valence electrons. The maximum atomic E-state index is 13.5. The molecule has 0 amide bonds. The third kappa shape index (κ3) is 6.47. The molecule has 8 heteroatoms. The molecular weight excluding hydrogens is 420 g/mol. The zero-order valence-electron chi connectivity index (χ0n) is 13.0. The van der Waals surface area contributed by atoms with Gasteiger partial charge in [-0.05, 0) is 25.5 Å². The first-order valence-corrected chi connectivity index (χ1v) is 8.50. The molecule has 0 fully saturated rings. The number of nitrogens with one attached hydrogen (secondary N) is 2. The van der Waals surface area contributed by atoms with E-state index in [1.54, 1.807) is 7.05 Å². The molecule has 1 atom stereocenters. The first-order valence-electron chi connectivity index (χ1n) is 6.85. The van der Waals surface area contributed by atoms with Crippen LogP contribution in [0.2, 0.25) is 0 Å². The predicted molar refractivity (Wildman–Crippen MR) is 98.1 cm³/mol. The quantitative estimate of drug-likeness (QED) is 0.402. The minimum Gasteiger partial charge on any atom is -0.355 e. The molecule has 0 saturated heterocycles. The highest BCUT2D eigenvalue weighted by molar-refractivity contribution is 14.0. The van der Waals surface area contributed by atoms with E-state index in [1.807, 2.05) is 13.8 Å². The van der Waals surface area contributed by atoms with Gasteiger partial charge in [0.25, 0.3) is 0 Å². The molecule has 0 saturated carbocycles. The molecule has 1 aromatic carbocycles. The first-order chi connectivity index (χ1) is 9.90. The zero-order valence-corrected chi connectivity index (χ0v) is 16.1. The van der Waals surface area contributed by atoms with Crippen molar-refractivity contribution < 1.29 is 12.8 Å². The number of nitrogens with zero attached hydrogens (tertiary/aromatic N) is 1. The van der Waals surface area contributed by atoms with Crippen LogP contribution in [0.15, 0.2) is 34.2 Å². The number of halogens is 2. The van der Waals surface area contributed by atoms with Gasteiger partial charge in [-0.25, -0.2) is 12.8 Å². The lowest BCUT2D eigenvalue weighted by atomic mass is 10.3. The second-order valence-electron chi connectivity index (χ2n) is 4.70. The van der Waals surface area contributed by atoms with Crippen molar-refractivity contribution in [2.75, 3.05) is 19.3 Å². The summed E-state index contributed by atoms with van der Waals surface area (Å²) in [7, 11) is -2.03. The summed E-state index contributed by atoms with van der Waals surface area (Å²) < 4.78 is 37.6. The number of hydrogen-bond acceptors (Lipinski definition) is 3. The zero-order chi connectivity index (χ0) is 15.9. The highest BCUT2D eigenvalue weighted by Gasteiger charge is 2.18. The number of aliphatic imine (C=N–C) groups is 1. The summed E-state index contributed by atoms with van der Waals surface area (Å²) in [5, 5.41) is 6.04. The van der Waals surface area contributed by atoms with Crippen LogP contribution in [0.25, 0.3) is 0 Å². The van der Waals surface area contributed by atoms with Gasteiger partial charge in [0.1, 0.15) is 10.7 Å². The molecule has 0 bridgehead atoms. The average Bonchev–Trinajstić information content (AvgIpc) is 2.46. The molecule has 2 N–H and O–H groups in total. The van der Waals surface area contributed by atoms with Crippen molar-refractivity contribution in [1.29, 1.82) is 0 Å². The summed E-state index contributed by atoms with van der Waals surface area (Å²) in [6, 6.07) is 5.62. The summed E-state index contributed by atoms with van der Waals surface area (Å²) in [4.78, 5) is 3.74. The van der Waals surface area contributed by atoms with Crippen LogP contribution in [-0.2, 0) is 9.84 Å². The minimum atomic E-state index is -3.65. The molecule has 0 heterocycles. The van der Waals surface area contributed by atoms with E-state index in [0.29, 0.717) is 5.96 Å². The molecular formula is C14H23FIN3O2S. The van der Waals surface area contributed by atoms with Crippen molar-refractivity contribution in [2.45, 2.75) is 31.2 Å². The Morgan fingerprint density at radius 2 is 2.00 bits per heavy atom. The molecule has 1 rings (SSSR count). The average molecular weight is 443 g/mol. The van der Waals surface area contributed by atoms with Crippen LogP contribution in [0.4, 0.5) is 4.39 Å². The van der Waals surface area contributed by atoms with Crippen molar-refractivity contribution in [3.63, 3.8) is 0 Å². The van der Waals surface area contributed by atoms with Crippen LogP contribution in [0, 0.1) is 5.82 Å². The van der Waals surface area contributed by atoms with Crippen molar-refractivity contribution in [3.8, 4) is 0 Å². The Labute approximate surface area is 148 Å². The van der Waals surface area contributed by atoms with E-state index >= 15 is 0 Å². The van der Waals surface area contributed by atoms with E-state index in [-0.39, 0.29) is 47.2 Å². The van der Waals surface area contributed by atoms with E-state index < -0.39 is 15.7 Å². The van der Waals surface area contributed by atoms with Gasteiger partial charge in [0, 0.05) is 19.6 Å². The smallest absolute Gasteiger partial charge is 0.191 e. The van der Waals surface area contributed by atoms with Crippen LogP contribution in [0.5, 0.6) is 0 Å². The maximum Gasteiger partial charge on any atom is 0.191 e. The summed E-state index contributed by atoms with van der Waals surface area (Å²) in [5.41, 5.74) is 0. The maximum absolute atomic E-state index is 13.5. The molecule has 0 aliphatic carbocycles. The van der Waals surface area contributed by atoms with Crippen LogP contribution in [-0.4, -0.2) is 39.8 Å². The standard InChI is InChI=1S/C14H22FN3O2S.HI/c1-4-11(2)18-14(16-3)17-9-10-21(19,20)13-8-6-5-7-12(13)15;/h5-8,11H,4,9-10H2,1-3H3,(H2,16,17,18);1H. The summed E-state index contributed by atoms with van der Waals surface area (Å²) in [6.45, 7) is 4.20. The second kappa shape index (κ2) is 9.98. The Kier molecular flexibility index (Phi) is 9.58. The van der Waals surface area contributed by atoms with Crippen molar-refractivity contribution in [2.24, 2.45) is 4.99 Å². The fourth-order valence-electron chi connectivity index (χ4n) is 1.64. The lowest BCUT2D eigenvalue weighted by Gasteiger charge is -2.16. The third-order valence-corrected chi connectivity index (χ3v) is 4.80. The van der Waals surface area contributed by atoms with Crippen molar-refractivity contribution in [1.82, 2.24) is 10.6 Å². The molecule has 0 radical (unpaired) electrons. The van der Waals surface area contributed by atoms with Gasteiger partial charge in [0.15, 0.2) is 15.8 Å². The van der Waals surface area contributed by atoms with E-state index in [9.17, 15) is 12.8 Å². The largest absolute Gasteiger partial charge is 0.355 e. The normalized spacial score (nSPS) is 13.2. The Morgan fingerprint density at radius 1 is 1.36 bits per heavy atom. The van der Waals surface area contributed by atoms with E-state index in [1.165, 1.54) is 18.2 Å². The van der Waals surface area contributed by atoms with E-state index in [2.05, 4.69) is 15.6 Å². The molecule has 1 unspecified atom stereocenters. The third-order valence-electron chi connectivity index (χ3n) is 3.05. The number of hydrogen-bond donors (Lipinski definition) is 2. The fourth-order valence-corrected chi connectivity index (χ4v) is 2.88. The monoisotopic (exact) mass is 443 g/mol. The van der Waals surface area contributed by atoms with Gasteiger partial charge < -0.3 is 10.6 Å². The number of sulfone groups is 1. The van der Waals surface area contributed by atoms with Gasteiger partial charge >= 0.3 is 0 Å². The van der Waals surface area contributed by atoms with Crippen LogP contribution in [0.1, 0.15) is 20.3 Å². The summed E-state index contributed by atoms with van der Waals surface area (Å²) in [5.74, 6) is -0.387. The van der Waals surface area contributed by atoms with Crippen LogP contribution >= 0.6 is 24.0 Å². The molecule has 0 spiro atoms. The summed E-state index contributed by atoms with van der Waals surface area (Å²) in [6.07, 6.45) is 0.925. The molecule has 0 aromatic heterocycles. The molecule has 0 aliphatic rings. The lowest BCUT2D eigenvalue weighted by Crippen LogP contribution is -2.43. The van der Waals surface area contributed by atoms with E-state index in [0.717, 1.165) is 12.5 Å². The predicted octanol–water partition coefficient (Wildman–Crippen LogP) is 2.18. The Morgan fingerprint density at radius 3 is 2.55 bits per heavy atom. The van der Waals surface area contributed by atoms with Gasteiger partial charge in [0.05, 0.1) is 5.75 Å². The number of benzene rings is 1. The highest BCUT2D eigenvalue weighted by Crippen LogP contribution is 2.14. The topological polar surface area (TPSA) is 70.6 Å². The molecule has 5 nitrogen and oxygen atoms in total. The van der Waals surface area contributed by atoms with Gasteiger partial charge in [-0.2, -0.15) is 0 Å². The minimum absolute atomic E-state index is 0. The van der Waals surface area contributed by atoms with Gasteiger partial charge in [0.2, 0.25) is 0 Å². The van der Waals surface area contributed by atoms with Crippen LogP contribution < -0.4 is 10.6 Å². The Hall–Kier alpha value is -0.900. The Balaban J connectivity index is 0.00000441. The summed E-state index contributed by atoms with van der Waals surface area (Å²) >= 11 is 0. The first kappa shape index (κ1) is 21.1. The van der Waals surface area contributed by atoms with Gasteiger partial charge in [-0.3, -0.25) is 4.99 Å². The molecule has 1 aromatic rings. The van der Waals surface area contributed by atoms with Crippen LogP contribution in [0.3, 0.4) is 0 Å². The highest BCUT2D eigenvalue weighted by atomic mass is 127. The van der Waals surface area contributed by atoms with E-state index in [4.69, 9.17) is 0 Å². The lowest BCUT2D eigenvalue weighted by molar-refractivity contribution is 0.566. The van der Waals surface area contributed by atoms with Gasteiger partial charge in [-0.1, -0.05) is 19.1 Å². The fraction of sp³-hybridized carbons (Fsp3) is 0.500. The SMILES string of the molecule is CCC(C)NC(=NC)NCCS(=O)(=O)c1ccccc1F.I. The molecule has 0 aliphatic heterocycles. The molecule has 22 heavy (non-hydrogen) atoms.